The van der Waals surface area contributed by atoms with Crippen LogP contribution in [-0.4, -0.2) is 14.4 Å². The number of nitrogens with zero attached hydrogens (tertiary/aromatic N) is 3. The summed E-state index contributed by atoms with van der Waals surface area (Å²) in [5.74, 6) is 0. The van der Waals surface area contributed by atoms with Crippen molar-refractivity contribution >= 4 is 16.7 Å². The fourth-order valence-corrected chi connectivity index (χ4v) is 2.23. The van der Waals surface area contributed by atoms with Crippen molar-refractivity contribution in [1.82, 2.24) is 14.4 Å². The van der Waals surface area contributed by atoms with E-state index in [4.69, 9.17) is 0 Å². The van der Waals surface area contributed by atoms with Gasteiger partial charge in [0.1, 0.15) is 17.0 Å². The van der Waals surface area contributed by atoms with Crippen molar-refractivity contribution in [2.45, 2.75) is 19.3 Å². The van der Waals surface area contributed by atoms with E-state index in [0.717, 1.165) is 10.5 Å². The Balaban J connectivity index is 2.50. The summed E-state index contributed by atoms with van der Waals surface area (Å²) in [6, 6.07) is 2.41. The van der Waals surface area contributed by atoms with Crippen molar-refractivity contribution in [2.75, 3.05) is 0 Å². The second-order valence-corrected chi connectivity index (χ2v) is 4.73. The van der Waals surface area contributed by atoms with Gasteiger partial charge in [-0.15, -0.1) is 0 Å². The molecule has 0 saturated heterocycles. The molecule has 116 valence electrons. The highest BCUT2D eigenvalue weighted by Crippen LogP contribution is 2.38. The minimum absolute atomic E-state index is 0.0257. The van der Waals surface area contributed by atoms with E-state index < -0.39 is 34.6 Å². The summed E-state index contributed by atoms with van der Waals surface area (Å²) in [6.07, 6.45) is -8.57. The number of halogens is 6. The van der Waals surface area contributed by atoms with Crippen LogP contribution in [0.2, 0.25) is 0 Å². The molecule has 0 amide bonds. The zero-order valence-corrected chi connectivity index (χ0v) is 10.9. The Morgan fingerprint density at radius 1 is 0.955 bits per heavy atom. The largest absolute Gasteiger partial charge is 0.433 e. The first-order chi connectivity index (χ1) is 10.1. The van der Waals surface area contributed by atoms with Gasteiger partial charge < -0.3 is 0 Å². The lowest BCUT2D eigenvalue weighted by Crippen LogP contribution is -2.14. The van der Waals surface area contributed by atoms with Crippen LogP contribution < -0.4 is 0 Å². The third-order valence-electron chi connectivity index (χ3n) is 3.12. The van der Waals surface area contributed by atoms with Crippen molar-refractivity contribution in [3.8, 4) is 0 Å². The molecule has 0 atom stereocenters. The third kappa shape index (κ3) is 2.26. The van der Waals surface area contributed by atoms with Gasteiger partial charge in [-0.05, 0) is 25.1 Å². The SMILES string of the molecule is Cc1cn2c(ccc3c(C(F)(F)F)cc(C(F)(F)F)nc32)n1. The smallest absolute Gasteiger partial charge is 0.284 e. The second-order valence-electron chi connectivity index (χ2n) is 4.73. The quantitative estimate of drug-likeness (QED) is 0.581. The fraction of sp³-hybridized carbons (Fsp3) is 0.231. The van der Waals surface area contributed by atoms with E-state index in [1.807, 2.05) is 0 Å². The van der Waals surface area contributed by atoms with Crippen molar-refractivity contribution < 1.29 is 26.3 Å². The standard InChI is InChI=1S/C13H7F6N3/c1-6-5-22-10(20-6)3-2-7-8(12(14,15)16)4-9(13(17,18)19)21-11(7)22/h2-5H,1H3. The molecular weight excluding hydrogens is 312 g/mol. The van der Waals surface area contributed by atoms with E-state index >= 15 is 0 Å². The molecule has 0 spiro atoms. The molecule has 9 heteroatoms. The van der Waals surface area contributed by atoms with Crippen LogP contribution in [0.15, 0.2) is 24.4 Å². The maximum absolute atomic E-state index is 13.1. The maximum Gasteiger partial charge on any atom is 0.433 e. The minimum Gasteiger partial charge on any atom is -0.284 e. The van der Waals surface area contributed by atoms with Gasteiger partial charge in [-0.1, -0.05) is 0 Å². The number of alkyl halides is 6. The molecule has 0 fully saturated rings. The van der Waals surface area contributed by atoms with E-state index in [1.165, 1.54) is 12.3 Å². The molecule has 0 radical (unpaired) electrons. The number of aryl methyl sites for hydroxylation is 1. The third-order valence-corrected chi connectivity index (χ3v) is 3.12. The average molecular weight is 319 g/mol. The Labute approximate surface area is 119 Å². The predicted molar refractivity (Wildman–Crippen MR) is 65.2 cm³/mol. The van der Waals surface area contributed by atoms with Gasteiger partial charge >= 0.3 is 12.4 Å². The Kier molecular flexibility index (Phi) is 2.88. The topological polar surface area (TPSA) is 30.2 Å². The number of aromatic nitrogens is 3. The van der Waals surface area contributed by atoms with Crippen LogP contribution in [0.1, 0.15) is 17.0 Å². The molecule has 0 aromatic carbocycles. The van der Waals surface area contributed by atoms with Gasteiger partial charge in [-0.25, -0.2) is 9.97 Å². The monoisotopic (exact) mass is 319 g/mol. The van der Waals surface area contributed by atoms with Crippen LogP contribution >= 0.6 is 0 Å². The summed E-state index contributed by atoms with van der Waals surface area (Å²) in [5.41, 5.74) is -2.71. The van der Waals surface area contributed by atoms with E-state index in [0.29, 0.717) is 5.69 Å². The zero-order valence-electron chi connectivity index (χ0n) is 10.9. The Bertz CT molecular complexity index is 875. The number of hydrogen-bond acceptors (Lipinski definition) is 2. The molecular formula is C13H7F6N3. The highest BCUT2D eigenvalue weighted by molar-refractivity contribution is 5.83. The first kappa shape index (κ1) is 14.6. The van der Waals surface area contributed by atoms with E-state index in [2.05, 4.69) is 9.97 Å². The lowest BCUT2D eigenvalue weighted by Gasteiger charge is -2.14. The van der Waals surface area contributed by atoms with Crippen LogP contribution in [0.4, 0.5) is 26.3 Å². The van der Waals surface area contributed by atoms with Gasteiger partial charge in [-0.2, -0.15) is 26.3 Å². The molecule has 0 unspecified atom stereocenters. The number of pyridine rings is 2. The Morgan fingerprint density at radius 2 is 1.64 bits per heavy atom. The molecule has 0 bridgehead atoms. The molecule has 3 nitrogen and oxygen atoms in total. The van der Waals surface area contributed by atoms with Crippen LogP contribution in [0, 0.1) is 6.92 Å². The summed E-state index contributed by atoms with van der Waals surface area (Å²) < 4.78 is 78.8. The van der Waals surface area contributed by atoms with Gasteiger partial charge in [0, 0.05) is 11.6 Å². The maximum atomic E-state index is 13.1. The molecule has 3 aromatic heterocycles. The second kappa shape index (κ2) is 4.34. The predicted octanol–water partition coefficient (Wildman–Crippen LogP) is 4.23. The van der Waals surface area contributed by atoms with Gasteiger partial charge in [0.25, 0.3) is 0 Å². The van der Waals surface area contributed by atoms with E-state index in [1.54, 1.807) is 6.92 Å². The zero-order chi connectivity index (χ0) is 16.3. The Morgan fingerprint density at radius 3 is 2.23 bits per heavy atom. The first-order valence-electron chi connectivity index (χ1n) is 6.01. The van der Waals surface area contributed by atoms with Gasteiger partial charge in [-0.3, -0.25) is 4.40 Å². The summed E-state index contributed by atoms with van der Waals surface area (Å²) in [5, 5.41) is -0.412. The highest BCUT2D eigenvalue weighted by atomic mass is 19.4. The number of hydrogen-bond donors (Lipinski definition) is 0. The first-order valence-corrected chi connectivity index (χ1v) is 6.01. The van der Waals surface area contributed by atoms with Crippen LogP contribution in [-0.2, 0) is 12.4 Å². The summed E-state index contributed by atoms with van der Waals surface area (Å²) >= 11 is 0. The van der Waals surface area contributed by atoms with E-state index in [-0.39, 0.29) is 11.7 Å². The van der Waals surface area contributed by atoms with Crippen molar-refractivity contribution in [2.24, 2.45) is 0 Å². The van der Waals surface area contributed by atoms with Gasteiger partial charge in [0.2, 0.25) is 0 Å². The summed E-state index contributed by atoms with van der Waals surface area (Å²) in [4.78, 5) is 7.37. The molecule has 0 aliphatic heterocycles. The van der Waals surface area contributed by atoms with Crippen LogP contribution in [0.25, 0.3) is 16.7 Å². The van der Waals surface area contributed by atoms with Gasteiger partial charge in [0.05, 0.1) is 11.3 Å². The summed E-state index contributed by atoms with van der Waals surface area (Å²) in [7, 11) is 0. The fourth-order valence-electron chi connectivity index (χ4n) is 2.23. The lowest BCUT2D eigenvalue weighted by molar-refractivity contribution is -0.144. The van der Waals surface area contributed by atoms with Crippen LogP contribution in [0.5, 0.6) is 0 Å². The molecule has 3 aromatic rings. The highest BCUT2D eigenvalue weighted by Gasteiger charge is 2.39. The normalized spacial score (nSPS) is 13.2. The number of rotatable bonds is 0. The van der Waals surface area contributed by atoms with Crippen molar-refractivity contribution in [1.29, 1.82) is 0 Å². The van der Waals surface area contributed by atoms with Crippen LogP contribution in [0.3, 0.4) is 0 Å². The van der Waals surface area contributed by atoms with Crippen molar-refractivity contribution in [3.05, 3.63) is 41.3 Å². The molecule has 0 aliphatic rings. The number of imidazole rings is 1. The van der Waals surface area contributed by atoms with E-state index in [9.17, 15) is 26.3 Å². The molecule has 0 N–H and O–H groups in total. The minimum atomic E-state index is -4.98. The van der Waals surface area contributed by atoms with Gasteiger partial charge in [0.15, 0.2) is 0 Å². The van der Waals surface area contributed by atoms with Crippen molar-refractivity contribution in [3.63, 3.8) is 0 Å². The molecule has 22 heavy (non-hydrogen) atoms. The Hall–Kier alpha value is -2.32. The molecule has 0 aliphatic carbocycles. The lowest BCUT2D eigenvalue weighted by atomic mass is 10.1. The molecule has 3 heterocycles. The molecule has 0 saturated carbocycles. The molecule has 3 rings (SSSR count). The summed E-state index contributed by atoms with van der Waals surface area (Å²) in [6.45, 7) is 1.58. The number of fused-ring (bicyclic) bond motifs is 3. The average Bonchev–Trinajstić information content (AvgIpc) is 2.75.